The lowest BCUT2D eigenvalue weighted by atomic mass is 9.71. The van der Waals surface area contributed by atoms with Crippen molar-refractivity contribution in [2.75, 3.05) is 19.8 Å². The molecule has 4 nitrogen and oxygen atoms in total. The number of unbranched alkanes of at least 4 members (excludes halogenated alkanes) is 2. The molecule has 0 aromatic rings. The first kappa shape index (κ1) is 18.9. The second kappa shape index (κ2) is 10.5. The van der Waals surface area contributed by atoms with E-state index in [4.69, 9.17) is 19.6 Å². The topological polar surface area (TPSA) is 36.9 Å². The zero-order valence-electron chi connectivity index (χ0n) is 14.4. The maximum absolute atomic E-state index is 5.60. The molecule has 0 saturated heterocycles. The standard InChI is InChI=1S/C17H34O4/c1-5-7-9-18-20-14-17(4)12-15(3)11-16(13-17)21-19-10-8-6-2/h15-16H,5-14H2,1-4H3. The zero-order chi connectivity index (χ0) is 15.6. The lowest BCUT2D eigenvalue weighted by Gasteiger charge is -2.39. The van der Waals surface area contributed by atoms with E-state index in [0.717, 1.165) is 44.9 Å². The van der Waals surface area contributed by atoms with Gasteiger partial charge in [0.2, 0.25) is 0 Å². The van der Waals surface area contributed by atoms with Crippen molar-refractivity contribution < 1.29 is 19.6 Å². The van der Waals surface area contributed by atoms with E-state index in [1.54, 1.807) is 0 Å². The van der Waals surface area contributed by atoms with Crippen LogP contribution in [0.4, 0.5) is 0 Å². The Bertz CT molecular complexity index is 259. The molecule has 3 unspecified atom stereocenters. The van der Waals surface area contributed by atoms with E-state index in [9.17, 15) is 0 Å². The Morgan fingerprint density at radius 2 is 1.62 bits per heavy atom. The molecule has 0 N–H and O–H groups in total. The number of rotatable bonds is 11. The zero-order valence-corrected chi connectivity index (χ0v) is 14.4. The molecule has 0 spiro atoms. The van der Waals surface area contributed by atoms with Crippen molar-refractivity contribution in [3.05, 3.63) is 0 Å². The fraction of sp³-hybridized carbons (Fsp3) is 1.00. The van der Waals surface area contributed by atoms with Gasteiger partial charge < -0.3 is 0 Å². The Labute approximate surface area is 130 Å². The SMILES string of the molecule is CCCCOOCC1(C)CC(C)CC(OOCCCC)C1. The summed E-state index contributed by atoms with van der Waals surface area (Å²) in [6.07, 6.45) is 7.72. The predicted molar refractivity (Wildman–Crippen MR) is 83.7 cm³/mol. The van der Waals surface area contributed by atoms with E-state index in [1.165, 1.54) is 0 Å². The van der Waals surface area contributed by atoms with Crippen LogP contribution in [-0.4, -0.2) is 25.9 Å². The van der Waals surface area contributed by atoms with Crippen molar-refractivity contribution in [3.63, 3.8) is 0 Å². The van der Waals surface area contributed by atoms with Crippen molar-refractivity contribution in [2.45, 2.75) is 78.7 Å². The minimum atomic E-state index is 0.114. The van der Waals surface area contributed by atoms with Gasteiger partial charge in [-0.25, -0.2) is 19.6 Å². The number of hydrogen-bond acceptors (Lipinski definition) is 4. The summed E-state index contributed by atoms with van der Waals surface area (Å²) in [7, 11) is 0. The van der Waals surface area contributed by atoms with Gasteiger partial charge in [-0.2, -0.15) is 0 Å². The van der Waals surface area contributed by atoms with Gasteiger partial charge >= 0.3 is 0 Å². The first-order valence-electron chi connectivity index (χ1n) is 8.62. The molecule has 4 heteroatoms. The van der Waals surface area contributed by atoms with Crippen LogP contribution in [0, 0.1) is 11.3 Å². The first-order valence-corrected chi connectivity index (χ1v) is 8.62. The van der Waals surface area contributed by atoms with E-state index in [0.29, 0.717) is 25.7 Å². The van der Waals surface area contributed by atoms with Gasteiger partial charge in [0, 0.05) is 0 Å². The fourth-order valence-electron chi connectivity index (χ4n) is 3.07. The van der Waals surface area contributed by atoms with Crippen LogP contribution in [0.2, 0.25) is 0 Å². The van der Waals surface area contributed by atoms with Crippen LogP contribution in [0.5, 0.6) is 0 Å². The molecule has 1 fully saturated rings. The molecule has 0 aromatic heterocycles. The molecule has 0 radical (unpaired) electrons. The smallest absolute Gasteiger partial charge is 0.0938 e. The normalized spacial score (nSPS) is 29.7. The summed E-state index contributed by atoms with van der Waals surface area (Å²) in [5.74, 6) is 0.628. The molecule has 0 aromatic carbocycles. The largest absolute Gasteiger partial charge is 0.237 e. The van der Waals surface area contributed by atoms with Crippen LogP contribution in [0.1, 0.15) is 72.6 Å². The van der Waals surface area contributed by atoms with Crippen molar-refractivity contribution in [2.24, 2.45) is 11.3 Å². The van der Waals surface area contributed by atoms with E-state index in [2.05, 4.69) is 27.7 Å². The van der Waals surface area contributed by atoms with Crippen LogP contribution < -0.4 is 0 Å². The fourth-order valence-corrected chi connectivity index (χ4v) is 3.07. The van der Waals surface area contributed by atoms with Gasteiger partial charge in [-0.15, -0.1) is 0 Å². The first-order chi connectivity index (χ1) is 10.1. The van der Waals surface area contributed by atoms with Crippen molar-refractivity contribution in [1.82, 2.24) is 0 Å². The highest BCUT2D eigenvalue weighted by Gasteiger charge is 2.37. The van der Waals surface area contributed by atoms with Gasteiger partial charge in [0.15, 0.2) is 0 Å². The molecule has 0 heterocycles. The van der Waals surface area contributed by atoms with E-state index >= 15 is 0 Å². The van der Waals surface area contributed by atoms with Crippen LogP contribution in [0.15, 0.2) is 0 Å². The van der Waals surface area contributed by atoms with Crippen LogP contribution in [0.3, 0.4) is 0 Å². The lowest BCUT2D eigenvalue weighted by Crippen LogP contribution is -2.37. The van der Waals surface area contributed by atoms with E-state index in [-0.39, 0.29) is 11.5 Å². The van der Waals surface area contributed by atoms with Crippen LogP contribution >= 0.6 is 0 Å². The third-order valence-corrected chi connectivity index (χ3v) is 4.08. The summed E-state index contributed by atoms with van der Waals surface area (Å²) in [5.41, 5.74) is 0.114. The van der Waals surface area contributed by atoms with Crippen molar-refractivity contribution in [3.8, 4) is 0 Å². The molecule has 0 bridgehead atoms. The molecule has 21 heavy (non-hydrogen) atoms. The van der Waals surface area contributed by atoms with Gasteiger partial charge in [-0.05, 0) is 43.4 Å². The quantitative estimate of drug-likeness (QED) is 0.315. The van der Waals surface area contributed by atoms with Crippen molar-refractivity contribution >= 4 is 0 Å². The molecular formula is C17H34O4. The average Bonchev–Trinajstić information content (AvgIpc) is 2.42. The maximum Gasteiger partial charge on any atom is 0.0938 e. The summed E-state index contributed by atoms with van der Waals surface area (Å²) in [5, 5.41) is 0. The third-order valence-electron chi connectivity index (χ3n) is 4.08. The molecule has 1 aliphatic carbocycles. The summed E-state index contributed by atoms with van der Waals surface area (Å²) in [6, 6.07) is 0. The van der Waals surface area contributed by atoms with Crippen LogP contribution in [0.25, 0.3) is 0 Å². The average molecular weight is 302 g/mol. The highest BCUT2D eigenvalue weighted by molar-refractivity contribution is 4.86. The molecule has 3 atom stereocenters. The predicted octanol–water partition coefficient (Wildman–Crippen LogP) is 4.68. The summed E-state index contributed by atoms with van der Waals surface area (Å²) < 4.78 is 0. The second-order valence-corrected chi connectivity index (χ2v) is 6.89. The van der Waals surface area contributed by atoms with E-state index in [1.807, 2.05) is 0 Å². The number of hydrogen-bond donors (Lipinski definition) is 0. The minimum Gasteiger partial charge on any atom is -0.237 e. The van der Waals surface area contributed by atoms with Gasteiger partial charge in [0.25, 0.3) is 0 Å². The second-order valence-electron chi connectivity index (χ2n) is 6.89. The maximum atomic E-state index is 5.60. The summed E-state index contributed by atoms with van der Waals surface area (Å²) in [6.45, 7) is 10.8. The van der Waals surface area contributed by atoms with Crippen LogP contribution in [-0.2, 0) is 19.6 Å². The molecule has 1 saturated carbocycles. The molecule has 1 aliphatic rings. The molecule has 1 rings (SSSR count). The van der Waals surface area contributed by atoms with Gasteiger partial charge in [-0.1, -0.05) is 40.5 Å². The van der Waals surface area contributed by atoms with E-state index < -0.39 is 0 Å². The molecule has 126 valence electrons. The molecule has 0 aliphatic heterocycles. The monoisotopic (exact) mass is 302 g/mol. The lowest BCUT2D eigenvalue weighted by molar-refractivity contribution is -0.346. The van der Waals surface area contributed by atoms with Crippen molar-refractivity contribution in [1.29, 1.82) is 0 Å². The van der Waals surface area contributed by atoms with Gasteiger partial charge in [0.1, 0.15) is 0 Å². The summed E-state index contributed by atoms with van der Waals surface area (Å²) >= 11 is 0. The van der Waals surface area contributed by atoms with Gasteiger partial charge in [-0.3, -0.25) is 0 Å². The Balaban J connectivity index is 2.28. The molecule has 0 amide bonds. The Kier molecular flexibility index (Phi) is 9.49. The third kappa shape index (κ3) is 8.15. The Morgan fingerprint density at radius 3 is 2.29 bits per heavy atom. The molecular weight excluding hydrogens is 268 g/mol. The Morgan fingerprint density at radius 1 is 0.952 bits per heavy atom. The minimum absolute atomic E-state index is 0.114. The van der Waals surface area contributed by atoms with Gasteiger partial charge in [0.05, 0.1) is 25.9 Å². The highest BCUT2D eigenvalue weighted by Crippen LogP contribution is 2.40. The Hall–Kier alpha value is -0.160. The summed E-state index contributed by atoms with van der Waals surface area (Å²) in [4.78, 5) is 21.6. The highest BCUT2D eigenvalue weighted by atomic mass is 17.2.